The van der Waals surface area contributed by atoms with Crippen molar-refractivity contribution in [3.8, 4) is 0 Å². The van der Waals surface area contributed by atoms with Crippen molar-refractivity contribution >= 4 is 33.5 Å². The quantitative estimate of drug-likeness (QED) is 0.812. The molecule has 0 aliphatic rings. The second-order valence-corrected chi connectivity index (χ2v) is 4.78. The van der Waals surface area contributed by atoms with Crippen molar-refractivity contribution in [2.75, 3.05) is 7.11 Å². The summed E-state index contributed by atoms with van der Waals surface area (Å²) < 4.78 is 6.97. The van der Waals surface area contributed by atoms with Crippen molar-refractivity contribution in [3.63, 3.8) is 0 Å². The molecule has 0 spiro atoms. The fourth-order valence-electron chi connectivity index (χ4n) is 1.38. The third-order valence-electron chi connectivity index (χ3n) is 2.25. The number of hydrogen-bond acceptors (Lipinski definition) is 4. The van der Waals surface area contributed by atoms with Gasteiger partial charge >= 0.3 is 5.97 Å². The molecule has 0 aliphatic heterocycles. The molecule has 0 fully saturated rings. The van der Waals surface area contributed by atoms with Crippen molar-refractivity contribution in [1.82, 2.24) is 14.8 Å². The van der Waals surface area contributed by atoms with E-state index >= 15 is 0 Å². The molecule has 1 aromatic heterocycles. The molecule has 7 heteroatoms. The summed E-state index contributed by atoms with van der Waals surface area (Å²) in [5, 5.41) is 4.67. The van der Waals surface area contributed by atoms with E-state index in [0.29, 0.717) is 11.6 Å². The van der Waals surface area contributed by atoms with Crippen LogP contribution in [0, 0.1) is 0 Å². The van der Waals surface area contributed by atoms with Crippen LogP contribution in [-0.2, 0) is 11.3 Å². The van der Waals surface area contributed by atoms with Gasteiger partial charge in [0, 0.05) is 9.50 Å². The molecule has 0 saturated heterocycles. The molecule has 0 amide bonds. The molecule has 0 saturated carbocycles. The van der Waals surface area contributed by atoms with Gasteiger partial charge in [-0.05, 0) is 17.7 Å². The number of hydrogen-bond donors (Lipinski definition) is 0. The smallest absolute Gasteiger partial charge is 0.377 e. The predicted molar refractivity (Wildman–Crippen MR) is 69.6 cm³/mol. The highest BCUT2D eigenvalue weighted by molar-refractivity contribution is 9.10. The summed E-state index contributed by atoms with van der Waals surface area (Å²) in [4.78, 5) is 15.1. The van der Waals surface area contributed by atoms with Crippen molar-refractivity contribution in [2.45, 2.75) is 6.54 Å². The van der Waals surface area contributed by atoms with Gasteiger partial charge in [-0.3, -0.25) is 0 Å². The third kappa shape index (κ3) is 2.88. The first-order valence-electron chi connectivity index (χ1n) is 5.02. The fourth-order valence-corrected chi connectivity index (χ4v) is 2.19. The largest absolute Gasteiger partial charge is 0.463 e. The average molecular weight is 331 g/mol. The number of rotatable bonds is 3. The van der Waals surface area contributed by atoms with Gasteiger partial charge in [-0.2, -0.15) is 0 Å². The number of carbonyl (C=O) groups is 1. The second-order valence-electron chi connectivity index (χ2n) is 3.49. The lowest BCUT2D eigenvalue weighted by Crippen LogP contribution is -2.06. The first-order valence-corrected chi connectivity index (χ1v) is 6.19. The molecule has 1 heterocycles. The van der Waals surface area contributed by atoms with Crippen LogP contribution in [0.4, 0.5) is 0 Å². The highest BCUT2D eigenvalue weighted by Crippen LogP contribution is 2.22. The minimum Gasteiger partial charge on any atom is -0.463 e. The van der Waals surface area contributed by atoms with E-state index < -0.39 is 5.97 Å². The topological polar surface area (TPSA) is 57.0 Å². The number of benzene rings is 1. The Balaban J connectivity index is 2.18. The van der Waals surface area contributed by atoms with Gasteiger partial charge in [-0.15, -0.1) is 5.10 Å². The van der Waals surface area contributed by atoms with Crippen LogP contribution in [0.25, 0.3) is 0 Å². The number of ether oxygens (including phenoxy) is 1. The number of aromatic nitrogens is 3. The molecule has 0 atom stereocenters. The van der Waals surface area contributed by atoms with Crippen LogP contribution in [0.15, 0.2) is 29.0 Å². The van der Waals surface area contributed by atoms with Gasteiger partial charge in [-0.25, -0.2) is 14.5 Å². The summed E-state index contributed by atoms with van der Waals surface area (Å²) in [7, 11) is 1.29. The fraction of sp³-hybridized carbons (Fsp3) is 0.182. The Morgan fingerprint density at radius 2 is 2.33 bits per heavy atom. The summed E-state index contributed by atoms with van der Waals surface area (Å²) in [5.74, 6) is -0.508. The van der Waals surface area contributed by atoms with Gasteiger partial charge in [-0.1, -0.05) is 33.6 Å². The maximum Gasteiger partial charge on any atom is 0.377 e. The zero-order chi connectivity index (χ0) is 13.1. The molecule has 5 nitrogen and oxygen atoms in total. The monoisotopic (exact) mass is 329 g/mol. The van der Waals surface area contributed by atoms with Crippen LogP contribution in [0.1, 0.15) is 16.2 Å². The van der Waals surface area contributed by atoms with Crippen LogP contribution in [0.3, 0.4) is 0 Å². The summed E-state index contributed by atoms with van der Waals surface area (Å²) in [6.07, 6.45) is 1.48. The van der Waals surface area contributed by atoms with Crippen molar-refractivity contribution in [1.29, 1.82) is 0 Å². The Kier molecular flexibility index (Phi) is 3.98. The molecule has 94 valence electrons. The molecular weight excluding hydrogens is 321 g/mol. The number of methoxy groups -OCH3 is 1. The van der Waals surface area contributed by atoms with Crippen LogP contribution in [0.2, 0.25) is 5.02 Å². The Bertz CT molecular complexity index is 585. The molecule has 1 aromatic carbocycles. The van der Waals surface area contributed by atoms with Gasteiger partial charge in [0.15, 0.2) is 0 Å². The van der Waals surface area contributed by atoms with E-state index in [2.05, 4.69) is 30.7 Å². The molecule has 2 aromatic rings. The second kappa shape index (κ2) is 5.49. The lowest BCUT2D eigenvalue weighted by atomic mass is 10.2. The molecule has 0 radical (unpaired) electrons. The van der Waals surface area contributed by atoms with Crippen molar-refractivity contribution in [2.24, 2.45) is 0 Å². The first-order chi connectivity index (χ1) is 8.60. The Hall–Kier alpha value is -1.40. The van der Waals surface area contributed by atoms with Crippen LogP contribution < -0.4 is 0 Å². The number of halogens is 2. The highest BCUT2D eigenvalue weighted by atomic mass is 79.9. The standard InChI is InChI=1S/C11H9BrClN3O2/c1-18-11(17)10-14-6-16(15-10)5-7-2-3-8(13)4-9(7)12/h2-4,6H,5H2,1H3. The van der Waals surface area contributed by atoms with E-state index in [0.717, 1.165) is 10.0 Å². The maximum atomic E-state index is 11.2. The van der Waals surface area contributed by atoms with Crippen LogP contribution in [0.5, 0.6) is 0 Å². The van der Waals surface area contributed by atoms with Gasteiger partial charge in [0.25, 0.3) is 5.82 Å². The number of nitrogens with zero attached hydrogens (tertiary/aromatic N) is 3. The van der Waals surface area contributed by atoms with Gasteiger partial charge in [0.2, 0.25) is 0 Å². The SMILES string of the molecule is COC(=O)c1ncn(Cc2ccc(Cl)cc2Br)n1. The zero-order valence-corrected chi connectivity index (χ0v) is 11.8. The molecule has 0 bridgehead atoms. The van der Waals surface area contributed by atoms with E-state index in [1.54, 1.807) is 16.8 Å². The predicted octanol–water partition coefficient (Wildman–Crippen LogP) is 2.53. The highest BCUT2D eigenvalue weighted by Gasteiger charge is 2.11. The van der Waals surface area contributed by atoms with Gasteiger partial charge < -0.3 is 4.74 Å². The summed E-state index contributed by atoms with van der Waals surface area (Å²) in [5.41, 5.74) is 0.987. The lowest BCUT2D eigenvalue weighted by molar-refractivity contribution is 0.0586. The minimum atomic E-state index is -0.552. The Morgan fingerprint density at radius 3 is 3.00 bits per heavy atom. The first kappa shape index (κ1) is 13.0. The molecule has 0 unspecified atom stereocenters. The molecule has 0 aliphatic carbocycles. The Morgan fingerprint density at radius 1 is 1.56 bits per heavy atom. The summed E-state index contributed by atoms with van der Waals surface area (Å²) in [6.45, 7) is 0.488. The zero-order valence-electron chi connectivity index (χ0n) is 9.43. The van der Waals surface area contributed by atoms with E-state index in [1.165, 1.54) is 13.4 Å². The third-order valence-corrected chi connectivity index (χ3v) is 3.23. The van der Waals surface area contributed by atoms with Crippen LogP contribution in [-0.4, -0.2) is 27.8 Å². The molecule has 2 rings (SSSR count). The minimum absolute atomic E-state index is 0.0441. The summed E-state index contributed by atoms with van der Waals surface area (Å²) in [6, 6.07) is 5.47. The van der Waals surface area contributed by atoms with E-state index in [-0.39, 0.29) is 5.82 Å². The maximum absolute atomic E-state index is 11.2. The van der Waals surface area contributed by atoms with Crippen molar-refractivity contribution < 1.29 is 9.53 Å². The van der Waals surface area contributed by atoms with Crippen LogP contribution >= 0.6 is 27.5 Å². The Labute approximate surface area is 117 Å². The molecule has 18 heavy (non-hydrogen) atoms. The lowest BCUT2D eigenvalue weighted by Gasteiger charge is -2.04. The molecular formula is C11H9BrClN3O2. The molecule has 0 N–H and O–H groups in total. The van der Waals surface area contributed by atoms with Gasteiger partial charge in [0.1, 0.15) is 6.33 Å². The number of esters is 1. The average Bonchev–Trinajstić information content (AvgIpc) is 2.80. The number of carbonyl (C=O) groups excluding carboxylic acids is 1. The van der Waals surface area contributed by atoms with Crippen molar-refractivity contribution in [3.05, 3.63) is 45.4 Å². The van der Waals surface area contributed by atoms with E-state index in [4.69, 9.17) is 11.6 Å². The van der Waals surface area contributed by atoms with E-state index in [9.17, 15) is 4.79 Å². The normalized spacial score (nSPS) is 10.4. The van der Waals surface area contributed by atoms with E-state index in [1.807, 2.05) is 6.07 Å². The van der Waals surface area contributed by atoms with Gasteiger partial charge in [0.05, 0.1) is 13.7 Å². The summed E-state index contributed by atoms with van der Waals surface area (Å²) >= 11 is 9.27.